The fourth-order valence-electron chi connectivity index (χ4n) is 1.13. The van der Waals surface area contributed by atoms with Crippen LogP contribution in [0.2, 0.25) is 0 Å². The minimum absolute atomic E-state index is 0. The van der Waals surface area contributed by atoms with E-state index in [4.69, 9.17) is 0 Å². The Morgan fingerprint density at radius 1 is 0.923 bits per heavy atom. The largest absolute Gasteiger partial charge is 0.361 e. The van der Waals surface area contributed by atoms with E-state index >= 15 is 0 Å². The van der Waals surface area contributed by atoms with Gasteiger partial charge in [-0.1, -0.05) is 30.4 Å². The Kier molecular flexibility index (Phi) is 5.28. The molecule has 0 radical (unpaired) electrons. The molecule has 0 bridgehead atoms. The van der Waals surface area contributed by atoms with E-state index < -0.39 is 0 Å². The molecule has 1 aliphatic rings. The highest BCUT2D eigenvalue weighted by molar-refractivity contribution is 5.85. The molecule has 1 nitrogen and oxygen atoms in total. The average molecular weight is 216 g/mol. The molecule has 1 N–H and O–H groups in total. The van der Waals surface area contributed by atoms with Gasteiger partial charge in [0, 0.05) is 11.9 Å². The first kappa shape index (κ1) is 12.1. The summed E-state index contributed by atoms with van der Waals surface area (Å²) in [6, 6.07) is 8.22. The lowest BCUT2D eigenvalue weighted by molar-refractivity contribution is 1.57. The third-order valence-electron chi connectivity index (χ3n) is 1.68. The van der Waals surface area contributed by atoms with E-state index in [2.05, 4.69) is 23.5 Å². The van der Waals surface area contributed by atoms with Gasteiger partial charge in [-0.15, -0.1) is 24.8 Å². The Hall–Kier alpha value is -0.920. The summed E-state index contributed by atoms with van der Waals surface area (Å²) in [5, 5.41) is 3.18. The number of fused-ring (bicyclic) bond motifs is 1. The number of para-hydroxylation sites is 1. The van der Waals surface area contributed by atoms with Crippen LogP contribution in [-0.4, -0.2) is 0 Å². The van der Waals surface area contributed by atoms with Gasteiger partial charge in [-0.2, -0.15) is 0 Å². The molecule has 0 fully saturated rings. The number of hydrogen-bond donors (Lipinski definition) is 1. The summed E-state index contributed by atoms with van der Waals surface area (Å²) < 4.78 is 0. The molecule has 1 aromatic carbocycles. The summed E-state index contributed by atoms with van der Waals surface area (Å²) in [5.74, 6) is 0. The van der Waals surface area contributed by atoms with Gasteiger partial charge >= 0.3 is 0 Å². The molecule has 1 heterocycles. The topological polar surface area (TPSA) is 12.0 Å². The first-order valence-corrected chi connectivity index (χ1v) is 3.65. The second kappa shape index (κ2) is 5.68. The molecular formula is C10H11Cl2N. The zero-order valence-electron chi connectivity index (χ0n) is 6.94. The lowest BCUT2D eigenvalue weighted by Crippen LogP contribution is -1.87. The van der Waals surface area contributed by atoms with Crippen LogP contribution in [0.25, 0.3) is 6.08 Å². The number of benzene rings is 1. The van der Waals surface area contributed by atoms with E-state index in [9.17, 15) is 0 Å². The Morgan fingerprint density at radius 3 is 2.54 bits per heavy atom. The zero-order valence-corrected chi connectivity index (χ0v) is 8.57. The van der Waals surface area contributed by atoms with Gasteiger partial charge in [0.2, 0.25) is 0 Å². The van der Waals surface area contributed by atoms with Gasteiger partial charge in [0.05, 0.1) is 0 Å². The van der Waals surface area contributed by atoms with Crippen LogP contribution < -0.4 is 5.32 Å². The number of allylic oxidation sites excluding steroid dienone is 2. The fraction of sp³-hybridized carbons (Fsp3) is 0. The van der Waals surface area contributed by atoms with Crippen LogP contribution in [0.5, 0.6) is 0 Å². The summed E-state index contributed by atoms with van der Waals surface area (Å²) >= 11 is 0. The monoisotopic (exact) mass is 215 g/mol. The number of rotatable bonds is 0. The van der Waals surface area contributed by atoms with Crippen molar-refractivity contribution in [2.45, 2.75) is 0 Å². The quantitative estimate of drug-likeness (QED) is 0.699. The Morgan fingerprint density at radius 2 is 1.69 bits per heavy atom. The summed E-state index contributed by atoms with van der Waals surface area (Å²) in [5.41, 5.74) is 2.40. The van der Waals surface area contributed by atoms with E-state index in [0.29, 0.717) is 0 Å². The second-order valence-corrected chi connectivity index (χ2v) is 2.45. The maximum Gasteiger partial charge on any atom is 0.0453 e. The van der Waals surface area contributed by atoms with Gasteiger partial charge in [-0.25, -0.2) is 0 Å². The van der Waals surface area contributed by atoms with Gasteiger partial charge < -0.3 is 5.32 Å². The first-order valence-electron chi connectivity index (χ1n) is 3.65. The van der Waals surface area contributed by atoms with Crippen molar-refractivity contribution in [3.63, 3.8) is 0 Å². The molecule has 0 unspecified atom stereocenters. The van der Waals surface area contributed by atoms with Crippen LogP contribution in [0.1, 0.15) is 5.56 Å². The van der Waals surface area contributed by atoms with Gasteiger partial charge in [0.15, 0.2) is 0 Å². The fourth-order valence-corrected chi connectivity index (χ4v) is 1.13. The summed E-state index contributed by atoms with van der Waals surface area (Å²) in [4.78, 5) is 0. The van der Waals surface area contributed by atoms with Crippen LogP contribution in [0.4, 0.5) is 5.69 Å². The molecular weight excluding hydrogens is 205 g/mol. The molecule has 2 rings (SSSR count). The highest BCUT2D eigenvalue weighted by atomic mass is 35.5. The SMILES string of the molecule is C1=CNc2ccccc2C=C1.Cl.Cl. The molecule has 13 heavy (non-hydrogen) atoms. The normalized spacial score (nSPS) is 11.4. The lowest BCUT2D eigenvalue weighted by atomic mass is 10.2. The molecule has 0 aliphatic carbocycles. The Bertz CT molecular complexity index is 318. The molecule has 0 spiro atoms. The number of hydrogen-bond acceptors (Lipinski definition) is 1. The van der Waals surface area contributed by atoms with E-state index in [1.165, 1.54) is 5.56 Å². The molecule has 0 saturated heterocycles. The zero-order chi connectivity index (χ0) is 7.52. The average Bonchev–Trinajstić information content (AvgIpc) is 2.28. The van der Waals surface area contributed by atoms with Crippen molar-refractivity contribution in [1.29, 1.82) is 0 Å². The number of halogens is 2. The van der Waals surface area contributed by atoms with Gasteiger partial charge in [-0.3, -0.25) is 0 Å². The van der Waals surface area contributed by atoms with Gasteiger partial charge in [-0.05, 0) is 17.7 Å². The molecule has 0 aromatic heterocycles. The van der Waals surface area contributed by atoms with E-state index in [1.54, 1.807) is 0 Å². The van der Waals surface area contributed by atoms with Gasteiger partial charge in [0.1, 0.15) is 0 Å². The van der Waals surface area contributed by atoms with Crippen molar-refractivity contribution < 1.29 is 0 Å². The Balaban J connectivity index is 0.000000720. The van der Waals surface area contributed by atoms with E-state index in [0.717, 1.165) is 5.69 Å². The molecule has 0 amide bonds. The van der Waals surface area contributed by atoms with Crippen LogP contribution >= 0.6 is 24.8 Å². The van der Waals surface area contributed by atoms with Crippen molar-refractivity contribution in [3.8, 4) is 0 Å². The summed E-state index contributed by atoms with van der Waals surface area (Å²) in [6.45, 7) is 0. The first-order chi connectivity index (χ1) is 5.47. The standard InChI is InChI=1S/C10H9N.2ClH/c1-2-7-10-9(5-1)6-3-4-8-11-10;;/h1-8,11H;2*1H. The minimum Gasteiger partial charge on any atom is -0.361 e. The maximum atomic E-state index is 3.18. The highest BCUT2D eigenvalue weighted by Crippen LogP contribution is 2.18. The molecule has 0 saturated carbocycles. The smallest absolute Gasteiger partial charge is 0.0453 e. The molecule has 1 aromatic rings. The second-order valence-electron chi connectivity index (χ2n) is 2.45. The molecule has 1 aliphatic heterocycles. The summed E-state index contributed by atoms with van der Waals surface area (Å²) in [7, 11) is 0. The van der Waals surface area contributed by atoms with Gasteiger partial charge in [0.25, 0.3) is 0 Å². The highest BCUT2D eigenvalue weighted by Gasteiger charge is 1.95. The van der Waals surface area contributed by atoms with Crippen molar-refractivity contribution in [1.82, 2.24) is 0 Å². The van der Waals surface area contributed by atoms with Crippen molar-refractivity contribution in [2.75, 3.05) is 5.32 Å². The van der Waals surface area contributed by atoms with Crippen molar-refractivity contribution >= 4 is 36.6 Å². The maximum absolute atomic E-state index is 3.18. The van der Waals surface area contributed by atoms with Crippen molar-refractivity contribution in [2.24, 2.45) is 0 Å². The predicted molar refractivity (Wildman–Crippen MR) is 62.7 cm³/mol. The van der Waals surface area contributed by atoms with E-state index in [1.807, 2.05) is 30.5 Å². The minimum atomic E-state index is 0. The number of nitrogens with one attached hydrogen (secondary N) is 1. The molecule has 0 atom stereocenters. The molecule has 70 valence electrons. The Labute approximate surface area is 90.4 Å². The van der Waals surface area contributed by atoms with Crippen LogP contribution in [-0.2, 0) is 0 Å². The third kappa shape index (κ3) is 2.79. The van der Waals surface area contributed by atoms with E-state index in [-0.39, 0.29) is 24.8 Å². The summed E-state index contributed by atoms with van der Waals surface area (Å²) in [6.07, 6.45) is 8.03. The van der Waals surface area contributed by atoms with Crippen LogP contribution in [0, 0.1) is 0 Å². The van der Waals surface area contributed by atoms with Crippen LogP contribution in [0.3, 0.4) is 0 Å². The van der Waals surface area contributed by atoms with Crippen LogP contribution in [0.15, 0.2) is 42.6 Å². The third-order valence-corrected chi connectivity index (χ3v) is 1.68. The molecule has 3 heteroatoms. The van der Waals surface area contributed by atoms with Crippen molar-refractivity contribution in [3.05, 3.63) is 48.2 Å². The lowest BCUT2D eigenvalue weighted by Gasteiger charge is -2.01. The number of anilines is 1. The predicted octanol–water partition coefficient (Wildman–Crippen LogP) is 3.48.